The molecule has 0 radical (unpaired) electrons. The third-order valence-electron chi connectivity index (χ3n) is 2.28. The Morgan fingerprint density at radius 3 is 2.72 bits per heavy atom. The zero-order valence-corrected chi connectivity index (χ0v) is 9.67. The molecule has 1 aromatic rings. The zero-order chi connectivity index (χ0) is 13.7. The maximum absolute atomic E-state index is 11.6. The van der Waals surface area contributed by atoms with E-state index in [4.69, 9.17) is 5.11 Å². The molecule has 8 heteroatoms. The van der Waals surface area contributed by atoms with Crippen molar-refractivity contribution >= 4 is 17.7 Å². The second kappa shape index (κ2) is 5.80. The van der Waals surface area contributed by atoms with E-state index in [2.05, 4.69) is 10.3 Å². The van der Waals surface area contributed by atoms with Crippen LogP contribution in [0.3, 0.4) is 0 Å². The summed E-state index contributed by atoms with van der Waals surface area (Å²) in [5.41, 5.74) is 0.0730. The summed E-state index contributed by atoms with van der Waals surface area (Å²) in [6.45, 7) is 1.66. The second-order valence-electron chi connectivity index (χ2n) is 3.82. The average Bonchev–Trinajstić information content (AvgIpc) is 2.75. The third-order valence-corrected chi connectivity index (χ3v) is 2.28. The van der Waals surface area contributed by atoms with Crippen molar-refractivity contribution in [3.8, 4) is 0 Å². The number of carboxylic acid groups (broad SMARTS) is 1. The monoisotopic (exact) mass is 255 g/mol. The molecule has 0 aliphatic rings. The van der Waals surface area contributed by atoms with E-state index in [0.29, 0.717) is 6.42 Å². The van der Waals surface area contributed by atoms with Crippen LogP contribution in [0.5, 0.6) is 0 Å². The Hall–Kier alpha value is -2.38. The maximum atomic E-state index is 11.6. The predicted molar refractivity (Wildman–Crippen MR) is 61.2 cm³/mol. The van der Waals surface area contributed by atoms with Gasteiger partial charge in [0.05, 0.1) is 0 Å². The molecule has 8 nitrogen and oxygen atoms in total. The lowest BCUT2D eigenvalue weighted by Crippen LogP contribution is -2.33. The highest BCUT2D eigenvalue weighted by molar-refractivity contribution is 5.93. The molecule has 1 aromatic heterocycles. The molecule has 1 rings (SSSR count). The number of hydrogen-bond donors (Lipinski definition) is 3. The van der Waals surface area contributed by atoms with Gasteiger partial charge in [0.2, 0.25) is 0 Å². The third kappa shape index (κ3) is 3.89. The van der Waals surface area contributed by atoms with Gasteiger partial charge >= 0.3 is 11.8 Å². The van der Waals surface area contributed by atoms with E-state index >= 15 is 0 Å². The Labute approximate surface area is 102 Å². The number of nitrogens with one attached hydrogen (secondary N) is 2. The Kier molecular flexibility index (Phi) is 4.41. The van der Waals surface area contributed by atoms with Crippen LogP contribution in [0.15, 0.2) is 12.1 Å². The highest BCUT2D eigenvalue weighted by Crippen LogP contribution is 2.10. The highest BCUT2D eigenvalue weighted by Gasteiger charge is 2.17. The smallest absolute Gasteiger partial charge is 0.321 e. The van der Waals surface area contributed by atoms with Gasteiger partial charge in [-0.3, -0.25) is 9.59 Å². The van der Waals surface area contributed by atoms with Gasteiger partial charge in [0.15, 0.2) is 5.69 Å². The van der Waals surface area contributed by atoms with E-state index in [1.165, 1.54) is 12.1 Å². The lowest BCUT2D eigenvalue weighted by Gasteiger charge is -2.10. The van der Waals surface area contributed by atoms with Crippen molar-refractivity contribution in [1.29, 1.82) is 0 Å². The number of rotatable bonds is 6. The fraction of sp³-hybridized carbons (Fsp3) is 0.400. The Morgan fingerprint density at radius 2 is 2.22 bits per heavy atom. The maximum Gasteiger partial charge on any atom is 0.321 e. The molecule has 0 saturated heterocycles. The van der Waals surface area contributed by atoms with E-state index in [1.54, 1.807) is 6.92 Å². The van der Waals surface area contributed by atoms with Crippen LogP contribution in [-0.4, -0.2) is 32.9 Å². The van der Waals surface area contributed by atoms with E-state index in [-0.39, 0.29) is 24.0 Å². The SMILES string of the molecule is CC(CCC(=O)O)NC(=O)c1ccc([N+](=O)[O-])[nH]1. The Morgan fingerprint density at radius 1 is 1.56 bits per heavy atom. The Bertz CT molecular complexity index is 468. The van der Waals surface area contributed by atoms with Gasteiger partial charge < -0.3 is 20.5 Å². The number of H-pyrrole nitrogens is 1. The van der Waals surface area contributed by atoms with E-state index in [1.807, 2.05) is 0 Å². The van der Waals surface area contributed by atoms with Gasteiger partial charge in [-0.25, -0.2) is 4.98 Å². The molecule has 98 valence electrons. The number of aliphatic carboxylic acids is 1. The number of nitrogens with zero attached hydrogens (tertiary/aromatic N) is 1. The molecule has 0 spiro atoms. The first-order chi connectivity index (χ1) is 8.40. The van der Waals surface area contributed by atoms with Gasteiger partial charge in [-0.15, -0.1) is 0 Å². The Balaban J connectivity index is 2.53. The van der Waals surface area contributed by atoms with E-state index in [9.17, 15) is 19.7 Å². The fourth-order valence-electron chi connectivity index (χ4n) is 1.34. The topological polar surface area (TPSA) is 125 Å². The van der Waals surface area contributed by atoms with Crippen LogP contribution in [0.1, 0.15) is 30.3 Å². The molecule has 1 unspecified atom stereocenters. The number of aromatic amines is 1. The first-order valence-electron chi connectivity index (χ1n) is 5.26. The zero-order valence-electron chi connectivity index (χ0n) is 9.67. The van der Waals surface area contributed by atoms with Crippen LogP contribution in [0.2, 0.25) is 0 Å². The van der Waals surface area contributed by atoms with Crippen molar-refractivity contribution in [2.75, 3.05) is 0 Å². The molecule has 1 atom stereocenters. The first kappa shape index (κ1) is 13.7. The van der Waals surface area contributed by atoms with Crippen molar-refractivity contribution < 1.29 is 19.6 Å². The standard InChI is InChI=1S/C10H13N3O5/c1-6(2-5-9(14)15)11-10(16)7-3-4-8(12-7)13(17)18/h3-4,6,12H,2,5H2,1H3,(H,11,16)(H,14,15). The minimum absolute atomic E-state index is 0.0493. The van der Waals surface area contributed by atoms with Gasteiger partial charge in [0.25, 0.3) is 5.91 Å². The number of carboxylic acids is 1. The van der Waals surface area contributed by atoms with E-state index in [0.717, 1.165) is 0 Å². The lowest BCUT2D eigenvalue weighted by molar-refractivity contribution is -0.389. The number of nitro groups is 1. The summed E-state index contributed by atoms with van der Waals surface area (Å²) in [7, 11) is 0. The summed E-state index contributed by atoms with van der Waals surface area (Å²) in [5.74, 6) is -1.70. The van der Waals surface area contributed by atoms with Crippen LogP contribution in [0.4, 0.5) is 5.82 Å². The molecule has 0 aromatic carbocycles. The number of aromatic nitrogens is 1. The van der Waals surface area contributed by atoms with Crippen molar-refractivity contribution in [1.82, 2.24) is 10.3 Å². The van der Waals surface area contributed by atoms with Crippen LogP contribution in [0, 0.1) is 10.1 Å². The second-order valence-corrected chi connectivity index (χ2v) is 3.82. The van der Waals surface area contributed by atoms with Crippen LogP contribution in [0.25, 0.3) is 0 Å². The fourth-order valence-corrected chi connectivity index (χ4v) is 1.34. The van der Waals surface area contributed by atoms with Gasteiger partial charge in [-0.05, 0) is 24.3 Å². The van der Waals surface area contributed by atoms with Gasteiger partial charge in [-0.1, -0.05) is 0 Å². The van der Waals surface area contributed by atoms with Crippen molar-refractivity contribution in [3.63, 3.8) is 0 Å². The molecule has 1 heterocycles. The number of hydrogen-bond acceptors (Lipinski definition) is 4. The summed E-state index contributed by atoms with van der Waals surface area (Å²) < 4.78 is 0. The summed E-state index contributed by atoms with van der Waals surface area (Å²) in [6, 6.07) is 2.17. The normalized spacial score (nSPS) is 11.8. The van der Waals surface area contributed by atoms with Crippen LogP contribution in [-0.2, 0) is 4.79 Å². The minimum atomic E-state index is -0.938. The number of carbonyl (C=O) groups is 2. The molecule has 18 heavy (non-hydrogen) atoms. The minimum Gasteiger partial charge on any atom is -0.481 e. The van der Waals surface area contributed by atoms with Crippen LogP contribution < -0.4 is 5.32 Å². The van der Waals surface area contributed by atoms with Crippen molar-refractivity contribution in [2.45, 2.75) is 25.8 Å². The average molecular weight is 255 g/mol. The van der Waals surface area contributed by atoms with Gasteiger partial charge in [0, 0.05) is 18.5 Å². The van der Waals surface area contributed by atoms with E-state index < -0.39 is 16.8 Å². The summed E-state index contributed by atoms with van der Waals surface area (Å²) in [6.07, 6.45) is 0.246. The summed E-state index contributed by atoms with van der Waals surface area (Å²) in [5, 5.41) is 21.4. The van der Waals surface area contributed by atoms with Gasteiger partial charge in [-0.2, -0.15) is 0 Å². The molecule has 0 fully saturated rings. The van der Waals surface area contributed by atoms with Crippen molar-refractivity contribution in [2.24, 2.45) is 0 Å². The number of carbonyl (C=O) groups excluding carboxylic acids is 1. The predicted octanol–water partition coefficient (Wildman–Crippen LogP) is 0.906. The van der Waals surface area contributed by atoms with Crippen LogP contribution >= 0.6 is 0 Å². The molecule has 0 aliphatic carbocycles. The van der Waals surface area contributed by atoms with Crippen molar-refractivity contribution in [3.05, 3.63) is 27.9 Å². The summed E-state index contributed by atoms with van der Waals surface area (Å²) >= 11 is 0. The quantitative estimate of drug-likeness (QED) is 0.514. The molecular formula is C10H13N3O5. The molecule has 0 aliphatic heterocycles. The number of amides is 1. The first-order valence-corrected chi connectivity index (χ1v) is 5.26. The molecular weight excluding hydrogens is 242 g/mol. The molecule has 0 saturated carbocycles. The largest absolute Gasteiger partial charge is 0.481 e. The molecule has 1 amide bonds. The molecule has 3 N–H and O–H groups in total. The summed E-state index contributed by atoms with van der Waals surface area (Å²) in [4.78, 5) is 34.1. The lowest BCUT2D eigenvalue weighted by atomic mass is 10.2. The van der Waals surface area contributed by atoms with Gasteiger partial charge in [0.1, 0.15) is 0 Å². The highest BCUT2D eigenvalue weighted by atomic mass is 16.6. The molecule has 0 bridgehead atoms.